The van der Waals surface area contributed by atoms with Gasteiger partial charge >= 0.3 is 0 Å². The molecule has 1 aliphatic rings. The maximum absolute atomic E-state index is 12.9. The normalized spacial score (nSPS) is 14.4. The maximum atomic E-state index is 12.9. The highest BCUT2D eigenvalue weighted by molar-refractivity contribution is 5.81. The second-order valence-electron chi connectivity index (χ2n) is 7.99. The molecule has 0 N–H and O–H groups in total. The van der Waals surface area contributed by atoms with Gasteiger partial charge in [0, 0.05) is 37.8 Å². The van der Waals surface area contributed by atoms with Crippen molar-refractivity contribution < 1.29 is 19.0 Å². The Balaban J connectivity index is 1.30. The van der Waals surface area contributed by atoms with E-state index in [0.717, 1.165) is 28.6 Å². The summed E-state index contributed by atoms with van der Waals surface area (Å²) in [5, 5.41) is 8.80. The molecule has 0 bridgehead atoms. The number of ether oxygens (including phenoxy) is 3. The second-order valence-corrected chi connectivity index (χ2v) is 7.99. The van der Waals surface area contributed by atoms with Crippen LogP contribution in [0.15, 0.2) is 60.7 Å². The number of benzene rings is 2. The number of hydrogen-bond acceptors (Lipinski definition) is 7. The minimum Gasteiger partial charge on any atom is -0.497 e. The molecule has 0 radical (unpaired) electrons. The molecule has 0 spiro atoms. The largest absolute Gasteiger partial charge is 0.497 e. The summed E-state index contributed by atoms with van der Waals surface area (Å²) >= 11 is 0. The number of nitrogens with zero attached hydrogens (tertiary/aromatic N) is 4. The highest BCUT2D eigenvalue weighted by Gasteiger charge is 2.26. The maximum Gasteiger partial charge on any atom is 0.263 e. The summed E-state index contributed by atoms with van der Waals surface area (Å²) in [6.45, 7) is 6.88. The molecule has 2 aromatic carbocycles. The Morgan fingerprint density at radius 3 is 2.32 bits per heavy atom. The van der Waals surface area contributed by atoms with Gasteiger partial charge in [0.25, 0.3) is 5.91 Å². The molecule has 0 aliphatic carbocycles. The number of aromatic nitrogens is 2. The molecule has 1 fully saturated rings. The van der Waals surface area contributed by atoms with Crippen molar-refractivity contribution in [1.29, 1.82) is 0 Å². The van der Waals surface area contributed by atoms with Gasteiger partial charge in [-0.15, -0.1) is 10.2 Å². The fraction of sp³-hybridized carbons (Fsp3) is 0.346. The SMILES string of the molecule is CCOc1cccc(OC(C)C(=O)N2CCN(c3ccc(-c4ccc(OC)cc4)nn3)CC2)c1. The number of amides is 1. The van der Waals surface area contributed by atoms with Crippen LogP contribution in [0.1, 0.15) is 13.8 Å². The van der Waals surface area contributed by atoms with Crippen molar-refractivity contribution >= 4 is 11.7 Å². The van der Waals surface area contributed by atoms with E-state index in [0.29, 0.717) is 38.5 Å². The molecule has 4 rings (SSSR count). The van der Waals surface area contributed by atoms with Crippen molar-refractivity contribution in [3.63, 3.8) is 0 Å². The molecular weight excluding hydrogens is 432 g/mol. The van der Waals surface area contributed by atoms with Gasteiger partial charge in [-0.25, -0.2) is 0 Å². The molecular formula is C26H30N4O4. The van der Waals surface area contributed by atoms with Crippen LogP contribution < -0.4 is 19.1 Å². The van der Waals surface area contributed by atoms with Gasteiger partial charge in [0.05, 0.1) is 19.4 Å². The molecule has 1 saturated heterocycles. The van der Waals surface area contributed by atoms with Crippen LogP contribution in [0.4, 0.5) is 5.82 Å². The van der Waals surface area contributed by atoms with Crippen LogP contribution in [0.3, 0.4) is 0 Å². The van der Waals surface area contributed by atoms with Crippen molar-refractivity contribution in [2.75, 3.05) is 44.8 Å². The van der Waals surface area contributed by atoms with Crippen LogP contribution in [0, 0.1) is 0 Å². The first-order valence-electron chi connectivity index (χ1n) is 11.5. The van der Waals surface area contributed by atoms with E-state index in [-0.39, 0.29) is 5.91 Å². The van der Waals surface area contributed by atoms with Gasteiger partial charge in [-0.05, 0) is 62.4 Å². The fourth-order valence-corrected chi connectivity index (χ4v) is 3.88. The van der Waals surface area contributed by atoms with Crippen molar-refractivity contribution in [2.24, 2.45) is 0 Å². The lowest BCUT2D eigenvalue weighted by Crippen LogP contribution is -2.52. The Bertz CT molecular complexity index is 1080. The third-order valence-electron chi connectivity index (χ3n) is 5.73. The van der Waals surface area contributed by atoms with Crippen molar-refractivity contribution in [1.82, 2.24) is 15.1 Å². The molecule has 1 aliphatic heterocycles. The molecule has 178 valence electrons. The van der Waals surface area contributed by atoms with Crippen LogP contribution in [0.2, 0.25) is 0 Å². The molecule has 1 amide bonds. The van der Waals surface area contributed by atoms with Gasteiger partial charge in [0.15, 0.2) is 11.9 Å². The number of rotatable bonds is 8. The molecule has 1 atom stereocenters. The van der Waals surface area contributed by atoms with E-state index in [1.54, 1.807) is 20.1 Å². The molecule has 0 saturated carbocycles. The number of hydrogen-bond donors (Lipinski definition) is 0. The Morgan fingerprint density at radius 2 is 1.68 bits per heavy atom. The van der Waals surface area contributed by atoms with Gasteiger partial charge in [0.1, 0.15) is 17.2 Å². The first-order valence-corrected chi connectivity index (χ1v) is 11.5. The zero-order chi connectivity index (χ0) is 23.9. The zero-order valence-electron chi connectivity index (χ0n) is 19.8. The van der Waals surface area contributed by atoms with Gasteiger partial charge < -0.3 is 24.0 Å². The van der Waals surface area contributed by atoms with E-state index in [9.17, 15) is 4.79 Å². The number of methoxy groups -OCH3 is 1. The molecule has 8 nitrogen and oxygen atoms in total. The van der Waals surface area contributed by atoms with Gasteiger partial charge in [0.2, 0.25) is 0 Å². The number of anilines is 1. The Hall–Kier alpha value is -3.81. The number of carbonyl (C=O) groups excluding carboxylic acids is 1. The van der Waals surface area contributed by atoms with E-state index in [1.807, 2.05) is 66.4 Å². The molecule has 1 aromatic heterocycles. The molecule has 8 heteroatoms. The average molecular weight is 463 g/mol. The zero-order valence-corrected chi connectivity index (χ0v) is 19.8. The van der Waals surface area contributed by atoms with Gasteiger partial charge in [-0.1, -0.05) is 6.07 Å². The summed E-state index contributed by atoms with van der Waals surface area (Å²) in [5.41, 5.74) is 1.79. The predicted molar refractivity (Wildman–Crippen MR) is 131 cm³/mol. The predicted octanol–water partition coefficient (Wildman–Crippen LogP) is 3.67. The van der Waals surface area contributed by atoms with E-state index in [4.69, 9.17) is 14.2 Å². The first kappa shape index (κ1) is 23.4. The van der Waals surface area contributed by atoms with E-state index < -0.39 is 6.10 Å². The smallest absolute Gasteiger partial charge is 0.263 e. The summed E-state index contributed by atoms with van der Waals surface area (Å²) in [5.74, 6) is 2.94. The molecule has 3 aromatic rings. The lowest BCUT2D eigenvalue weighted by atomic mass is 10.1. The lowest BCUT2D eigenvalue weighted by molar-refractivity contribution is -0.138. The molecule has 34 heavy (non-hydrogen) atoms. The highest BCUT2D eigenvalue weighted by Crippen LogP contribution is 2.23. The second kappa shape index (κ2) is 10.9. The third kappa shape index (κ3) is 5.57. The first-order chi connectivity index (χ1) is 16.6. The van der Waals surface area contributed by atoms with Crippen LogP contribution in [0.5, 0.6) is 17.2 Å². The van der Waals surface area contributed by atoms with Gasteiger partial charge in [-0.2, -0.15) is 0 Å². The van der Waals surface area contributed by atoms with Crippen molar-refractivity contribution in [3.05, 3.63) is 60.7 Å². The lowest BCUT2D eigenvalue weighted by Gasteiger charge is -2.36. The van der Waals surface area contributed by atoms with Crippen LogP contribution in [-0.4, -0.2) is 67.0 Å². The quantitative estimate of drug-likeness (QED) is 0.506. The summed E-state index contributed by atoms with van der Waals surface area (Å²) in [6.07, 6.45) is -0.577. The summed E-state index contributed by atoms with van der Waals surface area (Å²) in [7, 11) is 1.65. The van der Waals surface area contributed by atoms with Crippen LogP contribution in [-0.2, 0) is 4.79 Å². The van der Waals surface area contributed by atoms with Gasteiger partial charge in [-0.3, -0.25) is 4.79 Å². The number of carbonyl (C=O) groups is 1. The monoisotopic (exact) mass is 462 g/mol. The topological polar surface area (TPSA) is 77.0 Å². The summed E-state index contributed by atoms with van der Waals surface area (Å²) in [6, 6.07) is 19.0. The summed E-state index contributed by atoms with van der Waals surface area (Å²) in [4.78, 5) is 16.9. The number of piperazine rings is 1. The van der Waals surface area contributed by atoms with E-state index in [2.05, 4.69) is 15.1 Å². The average Bonchev–Trinajstić information content (AvgIpc) is 2.89. The Labute approximate surface area is 200 Å². The van der Waals surface area contributed by atoms with Crippen LogP contribution >= 0.6 is 0 Å². The minimum atomic E-state index is -0.577. The molecule has 1 unspecified atom stereocenters. The minimum absolute atomic E-state index is 0.0256. The highest BCUT2D eigenvalue weighted by atomic mass is 16.5. The van der Waals surface area contributed by atoms with E-state index >= 15 is 0 Å². The fourth-order valence-electron chi connectivity index (χ4n) is 3.88. The van der Waals surface area contributed by atoms with Crippen LogP contribution in [0.25, 0.3) is 11.3 Å². The molecule has 2 heterocycles. The Kier molecular flexibility index (Phi) is 7.47. The standard InChI is InChI=1S/C26H30N4O4/c1-4-33-22-6-5-7-23(18-22)34-19(2)26(31)30-16-14-29(15-17-30)25-13-12-24(27-28-25)20-8-10-21(32-3)11-9-20/h5-13,18-19H,4,14-17H2,1-3H3. The summed E-state index contributed by atoms with van der Waals surface area (Å²) < 4.78 is 16.6. The van der Waals surface area contributed by atoms with E-state index in [1.165, 1.54) is 0 Å². The third-order valence-corrected chi connectivity index (χ3v) is 5.73. The van der Waals surface area contributed by atoms with Crippen molar-refractivity contribution in [3.8, 4) is 28.5 Å². The Morgan fingerprint density at radius 1 is 0.941 bits per heavy atom. The van der Waals surface area contributed by atoms with Crippen molar-refractivity contribution in [2.45, 2.75) is 20.0 Å².